The number of hydrogen-bond acceptors (Lipinski definition) is 5. The van der Waals surface area contributed by atoms with Gasteiger partial charge in [0.05, 0.1) is 11.4 Å². The second-order valence-corrected chi connectivity index (χ2v) is 5.97. The number of sulfone groups is 1. The van der Waals surface area contributed by atoms with E-state index in [1.807, 2.05) is 0 Å². The second-order valence-electron chi connectivity index (χ2n) is 3.50. The van der Waals surface area contributed by atoms with Gasteiger partial charge in [-0.05, 0) is 6.42 Å². The zero-order chi connectivity index (χ0) is 12.9. The Hall–Kier alpha value is -1.24. The molecule has 5 nitrogen and oxygen atoms in total. The van der Waals surface area contributed by atoms with Gasteiger partial charge < -0.3 is 5.32 Å². The highest BCUT2D eigenvalue weighted by molar-refractivity contribution is 7.91. The lowest BCUT2D eigenvalue weighted by molar-refractivity contribution is 0.593. The average Bonchev–Trinajstić information content (AvgIpc) is 2.31. The minimum absolute atomic E-state index is 0.0333. The Kier molecular flexibility index (Phi) is 4.80. The Bertz CT molecular complexity index is 476. The molecule has 1 aromatic heterocycles. The van der Waals surface area contributed by atoms with Crippen LogP contribution < -0.4 is 5.32 Å². The van der Waals surface area contributed by atoms with Crippen LogP contribution in [0.4, 0.5) is 10.2 Å². The molecule has 0 spiro atoms. The number of nitrogens with zero attached hydrogens (tertiary/aromatic N) is 2. The second kappa shape index (κ2) is 5.90. The van der Waals surface area contributed by atoms with E-state index in [1.54, 1.807) is 13.8 Å². The summed E-state index contributed by atoms with van der Waals surface area (Å²) < 4.78 is 36.1. The summed E-state index contributed by atoms with van der Waals surface area (Å²) in [6, 6.07) is 0. The minimum atomic E-state index is -3.05. The van der Waals surface area contributed by atoms with Gasteiger partial charge in [0.15, 0.2) is 21.5 Å². The lowest BCUT2D eigenvalue weighted by atomic mass is 10.3. The van der Waals surface area contributed by atoms with Crippen LogP contribution in [-0.2, 0) is 16.3 Å². The number of anilines is 1. The summed E-state index contributed by atoms with van der Waals surface area (Å²) >= 11 is 0. The van der Waals surface area contributed by atoms with Crippen molar-refractivity contribution in [3.05, 3.63) is 17.8 Å². The number of rotatable bonds is 6. The number of nitrogens with one attached hydrogen (secondary N) is 1. The van der Waals surface area contributed by atoms with E-state index in [-0.39, 0.29) is 23.9 Å². The van der Waals surface area contributed by atoms with Gasteiger partial charge in [-0.3, -0.25) is 0 Å². The first kappa shape index (κ1) is 13.8. The Balaban J connectivity index is 2.64. The smallest absolute Gasteiger partial charge is 0.186 e. The summed E-state index contributed by atoms with van der Waals surface area (Å²) in [5, 5.41) is 2.67. The van der Waals surface area contributed by atoms with Crippen LogP contribution in [-0.4, -0.2) is 36.4 Å². The first-order valence-electron chi connectivity index (χ1n) is 5.43. The number of aryl methyl sites for hydroxylation is 1. The van der Waals surface area contributed by atoms with Crippen molar-refractivity contribution in [2.24, 2.45) is 0 Å². The molecule has 0 saturated heterocycles. The third-order valence-corrected chi connectivity index (χ3v) is 4.05. The molecule has 0 aromatic carbocycles. The third-order valence-electron chi connectivity index (χ3n) is 2.34. The molecule has 0 atom stereocenters. The molecule has 0 unspecified atom stereocenters. The maximum absolute atomic E-state index is 13.6. The van der Waals surface area contributed by atoms with Crippen LogP contribution >= 0.6 is 0 Å². The zero-order valence-electron chi connectivity index (χ0n) is 9.90. The predicted octanol–water partition coefficient (Wildman–Crippen LogP) is 1.02. The summed E-state index contributed by atoms with van der Waals surface area (Å²) in [7, 11) is -3.05. The van der Waals surface area contributed by atoms with Gasteiger partial charge >= 0.3 is 0 Å². The maximum Gasteiger partial charge on any atom is 0.186 e. The molecule has 0 aliphatic carbocycles. The molecule has 0 aliphatic heterocycles. The molecule has 1 heterocycles. The van der Waals surface area contributed by atoms with Crippen LogP contribution in [0.1, 0.15) is 19.5 Å². The zero-order valence-corrected chi connectivity index (χ0v) is 10.7. The quantitative estimate of drug-likeness (QED) is 0.828. The van der Waals surface area contributed by atoms with Crippen LogP contribution in [0.2, 0.25) is 0 Å². The molecule has 1 rings (SSSR count). The maximum atomic E-state index is 13.6. The van der Waals surface area contributed by atoms with E-state index < -0.39 is 15.7 Å². The van der Waals surface area contributed by atoms with Crippen molar-refractivity contribution in [1.82, 2.24) is 9.97 Å². The predicted molar refractivity (Wildman–Crippen MR) is 64.2 cm³/mol. The van der Waals surface area contributed by atoms with Gasteiger partial charge in [0.1, 0.15) is 6.33 Å². The van der Waals surface area contributed by atoms with Crippen molar-refractivity contribution in [1.29, 1.82) is 0 Å². The van der Waals surface area contributed by atoms with Gasteiger partial charge in [-0.2, -0.15) is 0 Å². The van der Waals surface area contributed by atoms with E-state index in [0.29, 0.717) is 12.1 Å². The number of hydrogen-bond donors (Lipinski definition) is 1. The molecule has 96 valence electrons. The molecule has 0 radical (unpaired) electrons. The molecule has 0 fully saturated rings. The molecule has 0 bridgehead atoms. The fourth-order valence-electron chi connectivity index (χ4n) is 1.25. The highest BCUT2D eigenvalue weighted by Gasteiger charge is 2.11. The van der Waals surface area contributed by atoms with Crippen LogP contribution in [0, 0.1) is 5.82 Å². The van der Waals surface area contributed by atoms with E-state index in [2.05, 4.69) is 15.3 Å². The van der Waals surface area contributed by atoms with Gasteiger partial charge in [-0.25, -0.2) is 22.8 Å². The molecule has 7 heteroatoms. The topological polar surface area (TPSA) is 72.0 Å². The molecule has 17 heavy (non-hydrogen) atoms. The molecule has 0 aliphatic rings. The summed E-state index contributed by atoms with van der Waals surface area (Å²) in [5.41, 5.74) is 0.320. The minimum Gasteiger partial charge on any atom is -0.367 e. The summed E-state index contributed by atoms with van der Waals surface area (Å²) in [6.45, 7) is 3.51. The Morgan fingerprint density at radius 3 is 2.65 bits per heavy atom. The molecule has 0 amide bonds. The average molecular weight is 261 g/mol. The van der Waals surface area contributed by atoms with Crippen LogP contribution in [0.15, 0.2) is 6.33 Å². The lowest BCUT2D eigenvalue weighted by Crippen LogP contribution is -2.18. The van der Waals surface area contributed by atoms with Gasteiger partial charge in [0, 0.05) is 12.3 Å². The van der Waals surface area contributed by atoms with Crippen LogP contribution in [0.25, 0.3) is 0 Å². The highest BCUT2D eigenvalue weighted by atomic mass is 32.2. The highest BCUT2D eigenvalue weighted by Crippen LogP contribution is 2.12. The first-order chi connectivity index (χ1) is 8.00. The Morgan fingerprint density at radius 1 is 1.35 bits per heavy atom. The number of halogens is 1. The van der Waals surface area contributed by atoms with E-state index in [1.165, 1.54) is 6.33 Å². The van der Waals surface area contributed by atoms with Crippen molar-refractivity contribution < 1.29 is 12.8 Å². The van der Waals surface area contributed by atoms with Crippen molar-refractivity contribution in [2.45, 2.75) is 20.3 Å². The van der Waals surface area contributed by atoms with E-state index in [0.717, 1.165) is 0 Å². The van der Waals surface area contributed by atoms with Crippen molar-refractivity contribution in [3.8, 4) is 0 Å². The normalized spacial score (nSPS) is 11.5. The Labute approximate surface area is 100 Å². The van der Waals surface area contributed by atoms with Gasteiger partial charge in [-0.15, -0.1) is 0 Å². The fourth-order valence-corrected chi connectivity index (χ4v) is 1.95. The summed E-state index contributed by atoms with van der Waals surface area (Å²) in [5.74, 6) is -0.401. The molecule has 1 N–H and O–H groups in total. The third kappa shape index (κ3) is 3.92. The van der Waals surface area contributed by atoms with Crippen molar-refractivity contribution in [2.75, 3.05) is 23.4 Å². The van der Waals surface area contributed by atoms with E-state index in [9.17, 15) is 12.8 Å². The van der Waals surface area contributed by atoms with Gasteiger partial charge in [0.2, 0.25) is 0 Å². The van der Waals surface area contributed by atoms with Crippen LogP contribution in [0.5, 0.6) is 0 Å². The van der Waals surface area contributed by atoms with Crippen molar-refractivity contribution >= 4 is 15.7 Å². The fraction of sp³-hybridized carbons (Fsp3) is 0.600. The largest absolute Gasteiger partial charge is 0.367 e. The molecule has 0 saturated carbocycles. The van der Waals surface area contributed by atoms with Crippen molar-refractivity contribution in [3.63, 3.8) is 0 Å². The SMILES string of the molecule is CCc1ncnc(NCCS(=O)(=O)CC)c1F. The monoisotopic (exact) mass is 261 g/mol. The van der Waals surface area contributed by atoms with E-state index in [4.69, 9.17) is 0 Å². The lowest BCUT2D eigenvalue weighted by Gasteiger charge is -2.07. The van der Waals surface area contributed by atoms with E-state index >= 15 is 0 Å². The Morgan fingerprint density at radius 2 is 2.06 bits per heavy atom. The van der Waals surface area contributed by atoms with Crippen LogP contribution in [0.3, 0.4) is 0 Å². The van der Waals surface area contributed by atoms with Gasteiger partial charge in [-0.1, -0.05) is 13.8 Å². The standard InChI is InChI=1S/C10H16FN3O2S/c1-3-8-9(11)10(14-7-13-8)12-5-6-17(15,16)4-2/h7H,3-6H2,1-2H3,(H,12,13,14). The van der Waals surface area contributed by atoms with Gasteiger partial charge in [0.25, 0.3) is 0 Å². The summed E-state index contributed by atoms with van der Waals surface area (Å²) in [4.78, 5) is 7.53. The molecular weight excluding hydrogens is 245 g/mol. The first-order valence-corrected chi connectivity index (χ1v) is 7.26. The molecule has 1 aromatic rings. The number of aromatic nitrogens is 2. The summed E-state index contributed by atoms with van der Waals surface area (Å²) in [6.07, 6.45) is 1.73. The molecular formula is C10H16FN3O2S.